The van der Waals surface area contributed by atoms with E-state index < -0.39 is 0 Å². The molecule has 0 aliphatic rings. The van der Waals surface area contributed by atoms with Gasteiger partial charge >= 0.3 is 0 Å². The Hall–Kier alpha value is -0.130. The molecule has 0 saturated heterocycles. The Kier molecular flexibility index (Phi) is 7.19. The molecule has 1 heterocycles. The summed E-state index contributed by atoms with van der Waals surface area (Å²) in [6.45, 7) is 3.30. The van der Waals surface area contributed by atoms with Crippen LogP contribution in [0, 0.1) is 0 Å². The van der Waals surface area contributed by atoms with Crippen LogP contribution in [0.2, 0.25) is 4.34 Å². The summed E-state index contributed by atoms with van der Waals surface area (Å²) >= 11 is 7.59. The van der Waals surface area contributed by atoms with Crippen LogP contribution in [0.15, 0.2) is 12.1 Å². The Labute approximate surface area is 119 Å². The van der Waals surface area contributed by atoms with E-state index in [9.17, 15) is 0 Å². The molecule has 18 heavy (non-hydrogen) atoms. The van der Waals surface area contributed by atoms with Crippen molar-refractivity contribution in [3.8, 4) is 0 Å². The molecule has 104 valence electrons. The number of hydrogen-bond acceptors (Lipinski definition) is 4. The van der Waals surface area contributed by atoms with Crippen molar-refractivity contribution in [2.75, 3.05) is 20.2 Å². The minimum atomic E-state index is 0.0718. The minimum absolute atomic E-state index is 0.0718. The van der Waals surface area contributed by atoms with E-state index in [2.05, 4.69) is 18.0 Å². The van der Waals surface area contributed by atoms with Crippen molar-refractivity contribution in [2.24, 2.45) is 5.73 Å². The van der Waals surface area contributed by atoms with Crippen LogP contribution in [-0.2, 0) is 0 Å². The van der Waals surface area contributed by atoms with E-state index in [4.69, 9.17) is 22.4 Å². The van der Waals surface area contributed by atoms with Gasteiger partial charge in [-0.05, 0) is 51.9 Å². The third-order valence-corrected chi connectivity index (χ3v) is 4.33. The van der Waals surface area contributed by atoms with Gasteiger partial charge in [0.05, 0.1) is 10.4 Å². The molecule has 5 heteroatoms. The third kappa shape index (κ3) is 4.86. The van der Waals surface area contributed by atoms with Crippen LogP contribution in [0.3, 0.4) is 0 Å². The lowest BCUT2D eigenvalue weighted by atomic mass is 10.1. The summed E-state index contributed by atoms with van der Waals surface area (Å²) < 4.78 is 0.810. The number of nitrogens with zero attached hydrogens (tertiary/aromatic N) is 1. The summed E-state index contributed by atoms with van der Waals surface area (Å²) in [7, 11) is 2.10. The summed E-state index contributed by atoms with van der Waals surface area (Å²) in [6, 6.07) is 4.28. The minimum Gasteiger partial charge on any atom is -0.396 e. The zero-order valence-corrected chi connectivity index (χ0v) is 12.7. The van der Waals surface area contributed by atoms with Crippen LogP contribution in [0.25, 0.3) is 0 Å². The zero-order chi connectivity index (χ0) is 13.5. The Morgan fingerprint density at radius 2 is 2.11 bits per heavy atom. The van der Waals surface area contributed by atoms with Gasteiger partial charge in [0.1, 0.15) is 0 Å². The molecule has 2 unspecified atom stereocenters. The van der Waals surface area contributed by atoms with Gasteiger partial charge in [-0.15, -0.1) is 11.3 Å². The van der Waals surface area contributed by atoms with Gasteiger partial charge in [0, 0.05) is 17.5 Å². The summed E-state index contributed by atoms with van der Waals surface area (Å²) in [6.07, 6.45) is 3.01. The van der Waals surface area contributed by atoms with Crippen molar-refractivity contribution < 1.29 is 5.11 Å². The molecule has 0 aliphatic carbocycles. The average Bonchev–Trinajstić information content (AvgIpc) is 2.71. The first-order valence-corrected chi connectivity index (χ1v) is 7.57. The quantitative estimate of drug-likeness (QED) is 0.724. The van der Waals surface area contributed by atoms with Crippen LogP contribution in [0.4, 0.5) is 0 Å². The molecule has 1 aromatic rings. The molecule has 0 amide bonds. The molecule has 3 nitrogen and oxygen atoms in total. The average molecular weight is 291 g/mol. The van der Waals surface area contributed by atoms with Gasteiger partial charge in [-0.25, -0.2) is 0 Å². The molecule has 3 N–H and O–H groups in total. The van der Waals surface area contributed by atoms with E-state index in [0.717, 1.165) is 30.1 Å². The van der Waals surface area contributed by atoms with Gasteiger partial charge in [0.15, 0.2) is 0 Å². The van der Waals surface area contributed by atoms with Crippen molar-refractivity contribution in [1.29, 1.82) is 0 Å². The molecule has 0 saturated carbocycles. The number of aliphatic hydroxyl groups excluding tert-OH is 1. The second kappa shape index (κ2) is 8.12. The number of thiophene rings is 1. The van der Waals surface area contributed by atoms with Crippen molar-refractivity contribution in [1.82, 2.24) is 4.90 Å². The molecule has 0 radical (unpaired) electrons. The second-order valence-corrected chi connectivity index (χ2v) is 6.46. The first kappa shape index (κ1) is 15.9. The predicted molar refractivity (Wildman–Crippen MR) is 79.3 cm³/mol. The predicted octanol–water partition coefficient (Wildman–Crippen LogP) is 2.88. The van der Waals surface area contributed by atoms with Gasteiger partial charge in [0.2, 0.25) is 0 Å². The molecule has 1 aromatic heterocycles. The van der Waals surface area contributed by atoms with E-state index in [1.165, 1.54) is 4.88 Å². The maximum absolute atomic E-state index is 8.76. The highest BCUT2D eigenvalue weighted by atomic mass is 35.5. The number of rotatable bonds is 8. The summed E-state index contributed by atoms with van der Waals surface area (Å²) in [5, 5.41) is 8.76. The Morgan fingerprint density at radius 3 is 2.61 bits per heavy atom. The van der Waals surface area contributed by atoms with Crippen molar-refractivity contribution in [2.45, 2.75) is 38.3 Å². The van der Waals surface area contributed by atoms with Crippen LogP contribution < -0.4 is 5.73 Å². The van der Waals surface area contributed by atoms with E-state index >= 15 is 0 Å². The van der Waals surface area contributed by atoms with Crippen LogP contribution in [-0.4, -0.2) is 36.2 Å². The van der Waals surface area contributed by atoms with Gasteiger partial charge in [0.25, 0.3) is 0 Å². The first-order chi connectivity index (χ1) is 8.56. The van der Waals surface area contributed by atoms with Crippen molar-refractivity contribution >= 4 is 22.9 Å². The third-order valence-electron chi connectivity index (χ3n) is 3.03. The normalized spacial score (nSPS) is 15.0. The van der Waals surface area contributed by atoms with Crippen LogP contribution >= 0.6 is 22.9 Å². The van der Waals surface area contributed by atoms with Crippen molar-refractivity contribution in [3.63, 3.8) is 0 Å². The highest BCUT2D eigenvalue weighted by molar-refractivity contribution is 7.16. The molecule has 0 bridgehead atoms. The van der Waals surface area contributed by atoms with E-state index in [1.54, 1.807) is 11.3 Å². The number of aliphatic hydroxyl groups is 1. The molecule has 1 rings (SSSR count). The fourth-order valence-electron chi connectivity index (χ4n) is 2.15. The molecular weight excluding hydrogens is 268 g/mol. The first-order valence-electron chi connectivity index (χ1n) is 6.38. The lowest BCUT2D eigenvalue weighted by Gasteiger charge is -2.30. The maximum Gasteiger partial charge on any atom is 0.0931 e. The monoisotopic (exact) mass is 290 g/mol. The molecule has 0 spiro atoms. The van der Waals surface area contributed by atoms with Gasteiger partial charge in [-0.3, -0.25) is 4.90 Å². The lowest BCUT2D eigenvalue weighted by Crippen LogP contribution is -2.37. The highest BCUT2D eigenvalue weighted by Crippen LogP contribution is 2.31. The number of nitrogens with two attached hydrogens (primary N) is 1. The van der Waals surface area contributed by atoms with Gasteiger partial charge < -0.3 is 10.8 Å². The molecule has 2 atom stereocenters. The number of likely N-dealkylation sites (N-methyl/N-ethyl adjacent to an activating group) is 1. The fraction of sp³-hybridized carbons (Fsp3) is 0.692. The van der Waals surface area contributed by atoms with E-state index in [-0.39, 0.29) is 18.7 Å². The van der Waals surface area contributed by atoms with E-state index in [0.29, 0.717) is 0 Å². The van der Waals surface area contributed by atoms with E-state index in [1.807, 2.05) is 13.0 Å². The smallest absolute Gasteiger partial charge is 0.0931 e. The number of hydrogen-bond donors (Lipinski definition) is 2. The summed E-state index contributed by atoms with van der Waals surface area (Å²) in [5.74, 6) is 0. The van der Waals surface area contributed by atoms with Crippen LogP contribution in [0.1, 0.15) is 37.1 Å². The maximum atomic E-state index is 8.76. The Bertz CT molecular complexity index is 343. The largest absolute Gasteiger partial charge is 0.396 e. The molecule has 0 fully saturated rings. The topological polar surface area (TPSA) is 49.5 Å². The SMILES string of the molecule is CC(N)C(c1ccc(Cl)s1)N(C)CCCCCO. The van der Waals surface area contributed by atoms with Crippen molar-refractivity contribution in [3.05, 3.63) is 21.3 Å². The molecule has 0 aliphatic heterocycles. The highest BCUT2D eigenvalue weighted by Gasteiger charge is 2.22. The zero-order valence-electron chi connectivity index (χ0n) is 11.1. The Balaban J connectivity index is 2.56. The molecule has 0 aromatic carbocycles. The van der Waals surface area contributed by atoms with Gasteiger partial charge in [-0.2, -0.15) is 0 Å². The Morgan fingerprint density at radius 1 is 1.39 bits per heavy atom. The molecular formula is C13H23ClN2OS. The second-order valence-electron chi connectivity index (χ2n) is 4.71. The lowest BCUT2D eigenvalue weighted by molar-refractivity contribution is 0.213. The summed E-state index contributed by atoms with van der Waals surface area (Å²) in [5.41, 5.74) is 6.09. The van der Waals surface area contributed by atoms with Gasteiger partial charge in [-0.1, -0.05) is 11.6 Å². The number of halogens is 1. The number of unbranched alkanes of at least 4 members (excludes halogenated alkanes) is 2. The van der Waals surface area contributed by atoms with Crippen LogP contribution in [0.5, 0.6) is 0 Å². The standard InChI is InChI=1S/C13H23ClN2OS/c1-10(15)13(11-6-7-12(14)18-11)16(2)8-4-3-5-9-17/h6-7,10,13,17H,3-5,8-9,15H2,1-2H3. The fourth-order valence-corrected chi connectivity index (χ4v) is 3.50. The summed E-state index contributed by atoms with van der Waals surface area (Å²) in [4.78, 5) is 3.50.